The Bertz CT molecular complexity index is 1000. The maximum Gasteiger partial charge on any atom is 0.271 e. The summed E-state index contributed by atoms with van der Waals surface area (Å²) >= 11 is 0. The number of anilines is 1. The van der Waals surface area contributed by atoms with Crippen molar-refractivity contribution in [2.45, 2.75) is 6.92 Å². The molecular formula is C20H17N3O4. The molecule has 0 aliphatic heterocycles. The van der Waals surface area contributed by atoms with E-state index in [-0.39, 0.29) is 11.4 Å². The van der Waals surface area contributed by atoms with Crippen molar-refractivity contribution in [3.05, 3.63) is 82.0 Å². The zero-order valence-corrected chi connectivity index (χ0v) is 14.8. The van der Waals surface area contributed by atoms with Crippen LogP contribution in [0.25, 0.3) is 11.3 Å². The second-order valence-corrected chi connectivity index (χ2v) is 5.79. The number of non-ortho nitro benzene ring substituents is 1. The fraction of sp³-hybridized carbons (Fsp3) is 0.100. The molecule has 2 aromatic carbocycles. The van der Waals surface area contributed by atoms with E-state index < -0.39 is 10.8 Å². The van der Waals surface area contributed by atoms with Gasteiger partial charge in [-0.05, 0) is 25.1 Å². The second-order valence-electron chi connectivity index (χ2n) is 5.79. The molecule has 3 aromatic rings. The fourth-order valence-corrected chi connectivity index (χ4v) is 2.67. The van der Waals surface area contributed by atoms with Crippen molar-refractivity contribution in [2.75, 3.05) is 12.4 Å². The standard InChI is InChI=1S/C20H17N3O4/c1-13-16(9-10-17(21-13)14-6-4-3-5-7-14)20(24)22-18-12-15(23(25)26)8-11-19(18)27-2/h3-12H,1-2H3,(H,22,24). The first-order chi connectivity index (χ1) is 13.0. The highest BCUT2D eigenvalue weighted by atomic mass is 16.6. The number of methoxy groups -OCH3 is 1. The van der Waals surface area contributed by atoms with Crippen molar-refractivity contribution in [2.24, 2.45) is 0 Å². The number of nitrogens with zero attached hydrogens (tertiary/aromatic N) is 2. The van der Waals surface area contributed by atoms with Crippen LogP contribution in [-0.4, -0.2) is 22.9 Å². The van der Waals surface area contributed by atoms with Crippen LogP contribution in [0.2, 0.25) is 0 Å². The van der Waals surface area contributed by atoms with Gasteiger partial charge in [-0.15, -0.1) is 0 Å². The van der Waals surface area contributed by atoms with Crippen LogP contribution in [0.15, 0.2) is 60.7 Å². The topological polar surface area (TPSA) is 94.4 Å². The SMILES string of the molecule is COc1ccc([N+](=O)[O-])cc1NC(=O)c1ccc(-c2ccccc2)nc1C. The number of carbonyl (C=O) groups is 1. The number of amides is 1. The summed E-state index contributed by atoms with van der Waals surface area (Å²) in [6, 6.07) is 17.1. The molecule has 0 fully saturated rings. The van der Waals surface area contributed by atoms with Crippen LogP contribution >= 0.6 is 0 Å². The van der Waals surface area contributed by atoms with Crippen LogP contribution in [0.5, 0.6) is 5.75 Å². The molecule has 7 nitrogen and oxygen atoms in total. The fourth-order valence-electron chi connectivity index (χ4n) is 2.67. The molecule has 0 bridgehead atoms. The molecule has 1 aromatic heterocycles. The van der Waals surface area contributed by atoms with Crippen molar-refractivity contribution < 1.29 is 14.5 Å². The largest absolute Gasteiger partial charge is 0.495 e. The Morgan fingerprint density at radius 1 is 1.11 bits per heavy atom. The van der Waals surface area contributed by atoms with Gasteiger partial charge in [-0.25, -0.2) is 0 Å². The Morgan fingerprint density at radius 3 is 2.48 bits per heavy atom. The van der Waals surface area contributed by atoms with Crippen LogP contribution in [0, 0.1) is 17.0 Å². The quantitative estimate of drug-likeness (QED) is 0.541. The first-order valence-electron chi connectivity index (χ1n) is 8.16. The molecule has 0 saturated carbocycles. The molecule has 27 heavy (non-hydrogen) atoms. The van der Waals surface area contributed by atoms with Gasteiger partial charge in [-0.3, -0.25) is 19.9 Å². The number of carbonyl (C=O) groups excluding carboxylic acids is 1. The number of hydrogen-bond acceptors (Lipinski definition) is 5. The van der Waals surface area contributed by atoms with Crippen molar-refractivity contribution in [3.63, 3.8) is 0 Å². The number of aromatic nitrogens is 1. The van der Waals surface area contributed by atoms with Gasteiger partial charge in [0.1, 0.15) is 5.75 Å². The van der Waals surface area contributed by atoms with E-state index >= 15 is 0 Å². The normalized spacial score (nSPS) is 10.3. The first-order valence-corrected chi connectivity index (χ1v) is 8.16. The Morgan fingerprint density at radius 2 is 1.85 bits per heavy atom. The van der Waals surface area contributed by atoms with E-state index in [2.05, 4.69) is 10.3 Å². The Kier molecular flexibility index (Phi) is 5.12. The van der Waals surface area contributed by atoms with Gasteiger partial charge in [0, 0.05) is 17.7 Å². The van der Waals surface area contributed by atoms with Crippen LogP contribution in [-0.2, 0) is 0 Å². The zero-order chi connectivity index (χ0) is 19.4. The number of ether oxygens (including phenoxy) is 1. The van der Waals surface area contributed by atoms with E-state index in [0.29, 0.717) is 17.0 Å². The number of aryl methyl sites for hydroxylation is 1. The lowest BCUT2D eigenvalue weighted by atomic mass is 10.1. The van der Waals surface area contributed by atoms with Crippen LogP contribution in [0.4, 0.5) is 11.4 Å². The Labute approximate surface area is 155 Å². The minimum absolute atomic E-state index is 0.139. The molecule has 0 atom stereocenters. The predicted molar refractivity (Wildman–Crippen MR) is 102 cm³/mol. The third-order valence-corrected chi connectivity index (χ3v) is 4.04. The van der Waals surface area contributed by atoms with Crippen LogP contribution < -0.4 is 10.1 Å². The smallest absolute Gasteiger partial charge is 0.271 e. The van der Waals surface area contributed by atoms with Gasteiger partial charge in [0.05, 0.1) is 34.7 Å². The maximum atomic E-state index is 12.7. The van der Waals surface area contributed by atoms with Gasteiger partial charge >= 0.3 is 0 Å². The molecule has 7 heteroatoms. The number of hydrogen-bond donors (Lipinski definition) is 1. The average molecular weight is 363 g/mol. The minimum atomic E-state index is -0.531. The molecule has 0 radical (unpaired) electrons. The van der Waals surface area contributed by atoms with Crippen molar-refractivity contribution >= 4 is 17.3 Å². The maximum absolute atomic E-state index is 12.7. The van der Waals surface area contributed by atoms with Crippen LogP contribution in [0.3, 0.4) is 0 Å². The molecule has 136 valence electrons. The molecule has 0 spiro atoms. The highest BCUT2D eigenvalue weighted by Gasteiger charge is 2.16. The minimum Gasteiger partial charge on any atom is -0.495 e. The number of rotatable bonds is 5. The lowest BCUT2D eigenvalue weighted by molar-refractivity contribution is -0.384. The van der Waals surface area contributed by atoms with E-state index in [1.54, 1.807) is 19.1 Å². The molecule has 1 heterocycles. The number of nitrogens with one attached hydrogen (secondary N) is 1. The monoisotopic (exact) mass is 363 g/mol. The van der Waals surface area contributed by atoms with Gasteiger partial charge in [0.15, 0.2) is 0 Å². The van der Waals surface area contributed by atoms with Gasteiger partial charge in [0.25, 0.3) is 11.6 Å². The van der Waals surface area contributed by atoms with Crippen molar-refractivity contribution in [3.8, 4) is 17.0 Å². The molecule has 0 unspecified atom stereocenters. The lowest BCUT2D eigenvalue weighted by Crippen LogP contribution is -2.15. The van der Waals surface area contributed by atoms with Gasteiger partial charge in [-0.1, -0.05) is 30.3 Å². The molecule has 3 rings (SSSR count). The number of benzene rings is 2. The summed E-state index contributed by atoms with van der Waals surface area (Å²) in [5.41, 5.74) is 2.73. The average Bonchev–Trinajstić information content (AvgIpc) is 2.68. The summed E-state index contributed by atoms with van der Waals surface area (Å²) in [5, 5.41) is 13.6. The van der Waals surface area contributed by atoms with Gasteiger partial charge in [-0.2, -0.15) is 0 Å². The summed E-state index contributed by atoms with van der Waals surface area (Å²) in [6.45, 7) is 1.74. The zero-order valence-electron chi connectivity index (χ0n) is 14.8. The van der Waals surface area contributed by atoms with Crippen LogP contribution in [0.1, 0.15) is 16.1 Å². The molecule has 1 amide bonds. The summed E-state index contributed by atoms with van der Waals surface area (Å²) in [6.07, 6.45) is 0. The Balaban J connectivity index is 1.89. The van der Waals surface area contributed by atoms with E-state index in [1.165, 1.54) is 25.3 Å². The molecule has 0 aliphatic carbocycles. The summed E-state index contributed by atoms with van der Waals surface area (Å²) in [4.78, 5) is 27.6. The van der Waals surface area contributed by atoms with Crippen molar-refractivity contribution in [1.29, 1.82) is 0 Å². The summed E-state index contributed by atoms with van der Waals surface area (Å²) < 4.78 is 5.17. The molecule has 0 aliphatic rings. The third kappa shape index (κ3) is 3.92. The lowest BCUT2D eigenvalue weighted by Gasteiger charge is -2.12. The van der Waals surface area contributed by atoms with Crippen molar-refractivity contribution in [1.82, 2.24) is 4.98 Å². The predicted octanol–water partition coefficient (Wildman–Crippen LogP) is 4.23. The molecular weight excluding hydrogens is 346 g/mol. The number of nitro benzene ring substituents is 1. The van der Waals surface area contributed by atoms with E-state index in [4.69, 9.17) is 4.74 Å². The van der Waals surface area contributed by atoms with E-state index in [0.717, 1.165) is 11.3 Å². The highest BCUT2D eigenvalue weighted by molar-refractivity contribution is 6.06. The third-order valence-electron chi connectivity index (χ3n) is 4.04. The first kappa shape index (κ1) is 18.1. The molecule has 1 N–H and O–H groups in total. The number of pyridine rings is 1. The van der Waals surface area contributed by atoms with Gasteiger partial charge < -0.3 is 10.1 Å². The summed E-state index contributed by atoms with van der Waals surface area (Å²) in [7, 11) is 1.43. The summed E-state index contributed by atoms with van der Waals surface area (Å²) in [5.74, 6) is -0.0844. The van der Waals surface area contributed by atoms with Gasteiger partial charge in [0.2, 0.25) is 0 Å². The van der Waals surface area contributed by atoms with E-state index in [1.807, 2.05) is 30.3 Å². The number of nitro groups is 1. The highest BCUT2D eigenvalue weighted by Crippen LogP contribution is 2.29. The van der Waals surface area contributed by atoms with E-state index in [9.17, 15) is 14.9 Å². The second kappa shape index (κ2) is 7.65. The Hall–Kier alpha value is -3.74. The molecule has 0 saturated heterocycles.